The van der Waals surface area contributed by atoms with E-state index in [-0.39, 0.29) is 29.8 Å². The van der Waals surface area contributed by atoms with E-state index in [0.29, 0.717) is 34.3 Å². The Bertz CT molecular complexity index is 1190. The van der Waals surface area contributed by atoms with E-state index in [1.165, 1.54) is 22.2 Å². The number of hydrogen-bond acceptors (Lipinski definition) is 7. The van der Waals surface area contributed by atoms with E-state index in [1.54, 1.807) is 0 Å². The van der Waals surface area contributed by atoms with Crippen LogP contribution in [0.3, 0.4) is 0 Å². The number of carbonyl (C=O) groups excluding carboxylic acids is 2. The number of nitrogens with zero attached hydrogens (tertiary/aromatic N) is 4. The van der Waals surface area contributed by atoms with Crippen molar-refractivity contribution >= 4 is 44.3 Å². The molecule has 1 fully saturated rings. The summed E-state index contributed by atoms with van der Waals surface area (Å²) in [6.07, 6.45) is 3.08. The van der Waals surface area contributed by atoms with Crippen molar-refractivity contribution in [3.05, 3.63) is 46.5 Å². The van der Waals surface area contributed by atoms with Crippen molar-refractivity contribution in [3.8, 4) is 0 Å². The van der Waals surface area contributed by atoms with Crippen LogP contribution in [0.25, 0.3) is 10.3 Å². The number of amides is 2. The van der Waals surface area contributed by atoms with Crippen LogP contribution in [-0.2, 0) is 16.1 Å². The van der Waals surface area contributed by atoms with Crippen molar-refractivity contribution in [2.24, 2.45) is 5.92 Å². The molecule has 4 rings (SSSR count). The second-order valence-electron chi connectivity index (χ2n) is 7.92. The average Bonchev–Trinajstić information content (AvgIpc) is 3.23. The van der Waals surface area contributed by atoms with Gasteiger partial charge in [0.25, 0.3) is 5.56 Å². The molecule has 1 saturated heterocycles. The van der Waals surface area contributed by atoms with Crippen LogP contribution in [-0.4, -0.2) is 46.0 Å². The van der Waals surface area contributed by atoms with Gasteiger partial charge in [-0.15, -0.1) is 0 Å². The number of fused-ring (bicyclic) bond motifs is 1. The van der Waals surface area contributed by atoms with Gasteiger partial charge < -0.3 is 15.5 Å². The van der Waals surface area contributed by atoms with Gasteiger partial charge in [-0.3, -0.25) is 19.0 Å². The van der Waals surface area contributed by atoms with Crippen LogP contribution in [0, 0.1) is 12.8 Å². The van der Waals surface area contributed by atoms with Gasteiger partial charge in [-0.25, -0.2) is 4.98 Å². The van der Waals surface area contributed by atoms with Gasteiger partial charge in [0, 0.05) is 25.3 Å². The summed E-state index contributed by atoms with van der Waals surface area (Å²) >= 11 is 1.26. The maximum absolute atomic E-state index is 12.9. The van der Waals surface area contributed by atoms with Gasteiger partial charge in [0.15, 0.2) is 10.8 Å². The van der Waals surface area contributed by atoms with Crippen LogP contribution in [0.1, 0.15) is 25.3 Å². The topological polar surface area (TPSA) is 109 Å². The van der Waals surface area contributed by atoms with E-state index in [4.69, 9.17) is 0 Å². The number of anilines is 2. The van der Waals surface area contributed by atoms with Crippen molar-refractivity contribution < 1.29 is 9.59 Å². The number of thiazole rings is 1. The van der Waals surface area contributed by atoms with Gasteiger partial charge in [-0.2, -0.15) is 4.98 Å². The highest BCUT2D eigenvalue weighted by atomic mass is 32.1. The van der Waals surface area contributed by atoms with Crippen molar-refractivity contribution in [2.45, 2.75) is 33.2 Å². The highest BCUT2D eigenvalue weighted by molar-refractivity contribution is 7.22. The number of benzene rings is 1. The molecule has 1 aromatic carbocycles. The molecule has 3 aromatic rings. The first-order valence-electron chi connectivity index (χ1n) is 10.7. The molecule has 0 aliphatic carbocycles. The van der Waals surface area contributed by atoms with Gasteiger partial charge in [0.05, 0.1) is 5.92 Å². The lowest BCUT2D eigenvalue weighted by Crippen LogP contribution is -2.43. The quantitative estimate of drug-likeness (QED) is 0.591. The zero-order valence-corrected chi connectivity index (χ0v) is 18.9. The Hall–Kier alpha value is -3.27. The molecule has 1 atom stereocenters. The van der Waals surface area contributed by atoms with Crippen LogP contribution < -0.4 is 21.1 Å². The first-order valence-corrected chi connectivity index (χ1v) is 11.5. The van der Waals surface area contributed by atoms with Crippen LogP contribution in [0.2, 0.25) is 0 Å². The second kappa shape index (κ2) is 9.47. The van der Waals surface area contributed by atoms with E-state index in [9.17, 15) is 14.4 Å². The van der Waals surface area contributed by atoms with Gasteiger partial charge >= 0.3 is 0 Å². The number of aryl methyl sites for hydroxylation is 1. The minimum Gasteiger partial charge on any atom is -0.356 e. The maximum atomic E-state index is 12.9. The molecule has 0 spiro atoms. The fraction of sp³-hybridized carbons (Fsp3) is 0.409. The van der Waals surface area contributed by atoms with E-state index in [2.05, 4.69) is 20.6 Å². The number of hydrogen-bond donors (Lipinski definition) is 2. The minimum absolute atomic E-state index is 0.0541. The molecular weight excluding hydrogens is 428 g/mol. The van der Waals surface area contributed by atoms with Gasteiger partial charge in [-0.05, 0) is 38.8 Å². The molecule has 2 N–H and O–H groups in total. The predicted octanol–water partition coefficient (Wildman–Crippen LogP) is 2.15. The summed E-state index contributed by atoms with van der Waals surface area (Å²) < 4.78 is 1.70. The molecule has 9 nitrogen and oxygen atoms in total. The Balaban J connectivity index is 1.49. The summed E-state index contributed by atoms with van der Waals surface area (Å²) in [5.41, 5.74) is 1.84. The van der Waals surface area contributed by atoms with Crippen LogP contribution in [0.15, 0.2) is 35.4 Å². The molecule has 168 valence electrons. The Morgan fingerprint density at radius 1 is 1.25 bits per heavy atom. The third-order valence-corrected chi connectivity index (χ3v) is 6.53. The Morgan fingerprint density at radius 3 is 2.78 bits per heavy atom. The van der Waals surface area contributed by atoms with Gasteiger partial charge in [-0.1, -0.05) is 29.0 Å². The second-order valence-corrected chi connectivity index (χ2v) is 8.90. The van der Waals surface area contributed by atoms with Crippen molar-refractivity contribution in [1.82, 2.24) is 19.9 Å². The molecule has 32 heavy (non-hydrogen) atoms. The molecule has 3 heterocycles. The monoisotopic (exact) mass is 454 g/mol. The van der Waals surface area contributed by atoms with E-state index < -0.39 is 0 Å². The maximum Gasteiger partial charge on any atom is 0.273 e. The largest absolute Gasteiger partial charge is 0.356 e. The molecule has 2 amide bonds. The first kappa shape index (κ1) is 21.9. The highest BCUT2D eigenvalue weighted by Gasteiger charge is 2.27. The molecule has 1 aliphatic heterocycles. The summed E-state index contributed by atoms with van der Waals surface area (Å²) in [6.45, 7) is 5.70. The molecule has 0 unspecified atom stereocenters. The number of piperidine rings is 1. The molecule has 0 saturated carbocycles. The van der Waals surface area contributed by atoms with Crippen LogP contribution >= 0.6 is 11.3 Å². The predicted molar refractivity (Wildman–Crippen MR) is 125 cm³/mol. The standard InChI is InChI=1S/C22H26N6O3S/c1-3-23-20(30)15-5-4-10-27(11-15)22-26-19-18(32-22)21(31)28(13-24-19)12-17(29)25-16-8-6-14(2)7-9-16/h6-9,13,15H,3-5,10-12H2,1-2H3,(H,23,30)(H,25,29)/t15-/m1/s1. The zero-order chi connectivity index (χ0) is 22.7. The smallest absolute Gasteiger partial charge is 0.273 e. The molecule has 1 aliphatic rings. The third kappa shape index (κ3) is 4.80. The molecule has 2 aromatic heterocycles. The molecular formula is C22H26N6O3S. The van der Waals surface area contributed by atoms with E-state index in [0.717, 1.165) is 24.9 Å². The SMILES string of the molecule is CCNC(=O)[C@@H]1CCCN(c2nc3ncn(CC(=O)Nc4ccc(C)cc4)c(=O)c3s2)C1. The van der Waals surface area contributed by atoms with Crippen LogP contribution in [0.4, 0.5) is 10.8 Å². The highest BCUT2D eigenvalue weighted by Crippen LogP contribution is 2.29. The van der Waals surface area contributed by atoms with E-state index in [1.807, 2.05) is 43.0 Å². The lowest BCUT2D eigenvalue weighted by atomic mass is 9.97. The fourth-order valence-electron chi connectivity index (χ4n) is 3.76. The Kier molecular flexibility index (Phi) is 6.50. The summed E-state index contributed by atoms with van der Waals surface area (Å²) in [5, 5.41) is 6.35. The molecule has 10 heteroatoms. The summed E-state index contributed by atoms with van der Waals surface area (Å²) in [4.78, 5) is 48.4. The van der Waals surface area contributed by atoms with Crippen molar-refractivity contribution in [2.75, 3.05) is 29.9 Å². The lowest BCUT2D eigenvalue weighted by molar-refractivity contribution is -0.125. The first-order chi connectivity index (χ1) is 15.4. The average molecular weight is 455 g/mol. The number of aromatic nitrogens is 3. The van der Waals surface area contributed by atoms with Crippen molar-refractivity contribution in [1.29, 1.82) is 0 Å². The number of nitrogens with one attached hydrogen (secondary N) is 2. The summed E-state index contributed by atoms with van der Waals surface area (Å²) in [5.74, 6) is -0.341. The number of rotatable bonds is 6. The van der Waals surface area contributed by atoms with Crippen LogP contribution in [0.5, 0.6) is 0 Å². The van der Waals surface area contributed by atoms with Gasteiger partial charge in [0.2, 0.25) is 11.8 Å². The van der Waals surface area contributed by atoms with Crippen molar-refractivity contribution in [3.63, 3.8) is 0 Å². The normalized spacial score (nSPS) is 16.2. The lowest BCUT2D eigenvalue weighted by Gasteiger charge is -2.31. The molecule has 0 bridgehead atoms. The fourth-order valence-corrected chi connectivity index (χ4v) is 4.76. The van der Waals surface area contributed by atoms with Gasteiger partial charge in [0.1, 0.15) is 17.6 Å². The summed E-state index contributed by atoms with van der Waals surface area (Å²) in [7, 11) is 0. The Morgan fingerprint density at radius 2 is 2.03 bits per heavy atom. The number of carbonyl (C=O) groups is 2. The Labute approximate surface area is 189 Å². The summed E-state index contributed by atoms with van der Waals surface area (Å²) in [6, 6.07) is 7.45. The molecule has 0 radical (unpaired) electrons. The van der Waals surface area contributed by atoms with E-state index >= 15 is 0 Å². The minimum atomic E-state index is -0.303. The third-order valence-electron chi connectivity index (χ3n) is 5.44. The zero-order valence-electron chi connectivity index (χ0n) is 18.1.